The van der Waals surface area contributed by atoms with Crippen LogP contribution < -0.4 is 5.49 Å². The van der Waals surface area contributed by atoms with Crippen LogP contribution in [0.3, 0.4) is 0 Å². The molecule has 0 aliphatic carbocycles. The zero-order valence-electron chi connectivity index (χ0n) is 14.5. The Kier molecular flexibility index (Phi) is 4.00. The van der Waals surface area contributed by atoms with Crippen molar-refractivity contribution in [2.45, 2.75) is 26.4 Å². The Bertz CT molecular complexity index is 919. The number of benzene rings is 1. The molecular weight excluding hydrogens is 304 g/mol. The maximum absolute atomic E-state index is 7.77. The fraction of sp³-hybridized carbons (Fsp3) is 0.235. The van der Waals surface area contributed by atoms with E-state index in [-0.39, 0.29) is 6.17 Å². The molecule has 0 fully saturated rings. The summed E-state index contributed by atoms with van der Waals surface area (Å²) in [4.78, 5) is 13.3. The first kappa shape index (κ1) is 14.3. The Labute approximate surface area is 137 Å². The third kappa shape index (κ3) is 3.91. The van der Waals surface area contributed by atoms with Crippen LogP contribution in [-0.4, -0.2) is 22.9 Å². The number of hydrogen-bond donors (Lipinski definition) is 0. The van der Waals surface area contributed by atoms with Crippen LogP contribution in [0.15, 0.2) is 59.8 Å². The second-order valence-electron chi connectivity index (χ2n) is 6.16. The van der Waals surface area contributed by atoms with E-state index in [0.29, 0.717) is 12.4 Å². The van der Waals surface area contributed by atoms with Crippen molar-refractivity contribution in [3.05, 3.63) is 60.3 Å². The molecule has 0 spiro atoms. The highest BCUT2D eigenvalue weighted by molar-refractivity contribution is 6.69. The summed E-state index contributed by atoms with van der Waals surface area (Å²) in [5.41, 5.74) is 2.91. The average Bonchev–Trinajstić information content (AvgIpc) is 2.53. The number of rotatable bonds is 4. The topological polar surface area (TPSA) is 52.3 Å². The van der Waals surface area contributed by atoms with E-state index in [2.05, 4.69) is 29.6 Å². The van der Waals surface area contributed by atoms with Crippen LogP contribution in [0.5, 0.6) is 0 Å². The van der Waals surface area contributed by atoms with E-state index in [1.165, 1.54) is 6.20 Å². The molecule has 2 aromatic heterocycles. The lowest BCUT2D eigenvalue weighted by Gasteiger charge is -2.19. The molecule has 3 aromatic rings. The fourth-order valence-electron chi connectivity index (χ4n) is 2.09. The van der Waals surface area contributed by atoms with E-state index in [1.54, 1.807) is 0 Å². The summed E-state index contributed by atoms with van der Waals surface area (Å²) in [6, 6.07) is 13.5. The first-order chi connectivity index (χ1) is 11.4. The van der Waals surface area contributed by atoms with Crippen molar-refractivity contribution in [2.24, 2.45) is 4.99 Å². The normalized spacial score (nSPS) is 13.3. The Morgan fingerprint density at radius 1 is 1.13 bits per heavy atom. The van der Waals surface area contributed by atoms with E-state index < -0.39 is 8.32 Å². The number of hydrogen-bond acceptors (Lipinski definition) is 4. The van der Waals surface area contributed by atoms with Gasteiger partial charge in [0.15, 0.2) is 14.0 Å². The van der Waals surface area contributed by atoms with Gasteiger partial charge in [-0.05, 0) is 43.9 Å². The van der Waals surface area contributed by atoms with Gasteiger partial charge in [-0.25, -0.2) is 9.98 Å². The number of pyridine rings is 1. The Morgan fingerprint density at radius 2 is 1.91 bits per heavy atom. The lowest BCUT2D eigenvalue weighted by molar-refractivity contribution is 0.228. The lowest BCUT2D eigenvalue weighted by Crippen LogP contribution is -2.31. The van der Waals surface area contributed by atoms with Gasteiger partial charge < -0.3 is 4.43 Å². The minimum absolute atomic E-state index is 0.126. The van der Waals surface area contributed by atoms with E-state index in [9.17, 15) is 0 Å². The highest BCUT2D eigenvalue weighted by atomic mass is 28.4. The minimum atomic E-state index is -1.71. The van der Waals surface area contributed by atoms with Crippen LogP contribution in [0.25, 0.3) is 11.2 Å². The molecule has 3 rings (SSSR count). The molecule has 0 N–H and O–H groups in total. The number of nitrogens with zero attached hydrogens (tertiary/aromatic N) is 4. The number of fused-ring (bicyclic) bond motifs is 1. The summed E-state index contributed by atoms with van der Waals surface area (Å²) in [6.45, 7) is 6.74. The van der Waals surface area contributed by atoms with Gasteiger partial charge in [0.25, 0.3) is 0 Å². The Morgan fingerprint density at radius 3 is 2.65 bits per heavy atom. The molecule has 23 heavy (non-hydrogen) atoms. The highest BCUT2D eigenvalue weighted by Gasteiger charge is 2.15. The van der Waals surface area contributed by atoms with E-state index in [4.69, 9.17) is 10.8 Å². The third-order valence-electron chi connectivity index (χ3n) is 3.21. The molecular formula is C17H20N4OSi. The lowest BCUT2D eigenvalue weighted by atomic mass is 10.3. The van der Waals surface area contributed by atoms with Gasteiger partial charge in [-0.2, -0.15) is 0 Å². The first-order valence-corrected chi connectivity index (χ1v) is 10.9. The molecule has 2 heterocycles. The zero-order chi connectivity index (χ0) is 17.2. The molecule has 1 aromatic carbocycles. The maximum atomic E-state index is 7.77. The Balaban J connectivity index is 2.19. The van der Waals surface area contributed by atoms with Gasteiger partial charge in [-0.3, -0.25) is 9.55 Å². The molecule has 0 amide bonds. The second-order valence-corrected chi connectivity index (χ2v) is 10.7. The molecule has 0 bridgehead atoms. The van der Waals surface area contributed by atoms with Gasteiger partial charge in [0.1, 0.15) is 17.7 Å². The predicted molar refractivity (Wildman–Crippen MR) is 93.6 cm³/mol. The van der Waals surface area contributed by atoms with Crippen LogP contribution in [-0.2, 0) is 11.2 Å². The van der Waals surface area contributed by atoms with Crippen LogP contribution in [0, 0.1) is 0 Å². The summed E-state index contributed by atoms with van der Waals surface area (Å²) in [5, 5.41) is 0. The number of aromatic nitrogens is 3. The third-order valence-corrected chi connectivity index (χ3v) is 4.21. The van der Waals surface area contributed by atoms with Crippen LogP contribution >= 0.6 is 0 Å². The van der Waals surface area contributed by atoms with Crippen molar-refractivity contribution in [1.82, 2.24) is 14.5 Å². The standard InChI is InChI=1S/C17H20N4OSi/c1-23(2,3)22-13-21-16(20-14-7-5-4-6-8-14)10-9-15-17(21)19-12-11-18-15/h4-12H,13H2,1-3H3/b20-16+/i12D. The minimum Gasteiger partial charge on any atom is -0.400 e. The molecule has 0 radical (unpaired) electrons. The molecule has 6 heteroatoms. The number of para-hydroxylation sites is 1. The first-order valence-electron chi connectivity index (χ1n) is 7.99. The van der Waals surface area contributed by atoms with Crippen molar-refractivity contribution in [3.8, 4) is 0 Å². The van der Waals surface area contributed by atoms with Crippen molar-refractivity contribution >= 4 is 25.2 Å². The summed E-state index contributed by atoms with van der Waals surface area (Å²) < 4.78 is 15.7. The maximum Gasteiger partial charge on any atom is 0.186 e. The highest BCUT2D eigenvalue weighted by Crippen LogP contribution is 2.11. The Hall–Kier alpha value is -2.31. The second kappa shape index (κ2) is 6.43. The largest absolute Gasteiger partial charge is 0.400 e. The zero-order valence-corrected chi connectivity index (χ0v) is 14.5. The van der Waals surface area contributed by atoms with Gasteiger partial charge in [0, 0.05) is 12.4 Å². The van der Waals surface area contributed by atoms with Crippen molar-refractivity contribution in [3.63, 3.8) is 0 Å². The van der Waals surface area contributed by atoms with Crippen LogP contribution in [0.4, 0.5) is 5.69 Å². The molecule has 0 saturated heterocycles. The fourth-order valence-corrected chi connectivity index (χ4v) is 2.61. The molecule has 0 aliphatic heterocycles. The molecule has 0 aliphatic rings. The molecule has 5 nitrogen and oxygen atoms in total. The van der Waals surface area contributed by atoms with Gasteiger partial charge >= 0.3 is 0 Å². The van der Waals surface area contributed by atoms with E-state index >= 15 is 0 Å². The predicted octanol–water partition coefficient (Wildman–Crippen LogP) is 3.47. The summed E-state index contributed by atoms with van der Waals surface area (Å²) in [5.74, 6) is 0. The SMILES string of the molecule is [2H]c1cnc2cc/c(=N\c3ccccc3)n(CO[Si](C)(C)C)c2n1. The van der Waals surface area contributed by atoms with Crippen molar-refractivity contribution in [1.29, 1.82) is 0 Å². The summed E-state index contributed by atoms with van der Waals surface area (Å²) >= 11 is 0. The molecule has 118 valence electrons. The molecule has 0 atom stereocenters. The van der Waals surface area contributed by atoms with Crippen molar-refractivity contribution in [2.75, 3.05) is 0 Å². The average molecular weight is 325 g/mol. The van der Waals surface area contributed by atoms with Gasteiger partial charge in [0.2, 0.25) is 0 Å². The van der Waals surface area contributed by atoms with Gasteiger partial charge in [-0.15, -0.1) is 0 Å². The van der Waals surface area contributed by atoms with E-state index in [1.807, 2.05) is 47.0 Å². The monoisotopic (exact) mass is 325 g/mol. The van der Waals surface area contributed by atoms with Crippen LogP contribution in [0.1, 0.15) is 1.37 Å². The van der Waals surface area contributed by atoms with Gasteiger partial charge in [0.05, 0.1) is 7.06 Å². The molecule has 0 saturated carbocycles. The van der Waals surface area contributed by atoms with Crippen LogP contribution in [0.2, 0.25) is 19.6 Å². The quantitative estimate of drug-likeness (QED) is 0.690. The summed E-state index contributed by atoms with van der Waals surface area (Å²) in [6.07, 6.45) is 1.57. The smallest absolute Gasteiger partial charge is 0.186 e. The molecule has 0 unspecified atom stereocenters. The van der Waals surface area contributed by atoms with Gasteiger partial charge in [-0.1, -0.05) is 18.2 Å². The van der Waals surface area contributed by atoms with E-state index in [0.717, 1.165) is 16.7 Å². The van der Waals surface area contributed by atoms with Crippen molar-refractivity contribution < 1.29 is 5.80 Å². The summed E-state index contributed by atoms with van der Waals surface area (Å²) in [7, 11) is -1.71.